The van der Waals surface area contributed by atoms with Crippen molar-refractivity contribution in [2.45, 2.75) is 66.2 Å². The lowest BCUT2D eigenvalue weighted by molar-refractivity contribution is -0.128. The summed E-state index contributed by atoms with van der Waals surface area (Å²) < 4.78 is 5.92. The summed E-state index contributed by atoms with van der Waals surface area (Å²) in [5.41, 5.74) is 3.49. The Hall–Kier alpha value is -2.43. The quantitative estimate of drug-likeness (QED) is 0.395. The van der Waals surface area contributed by atoms with Crippen LogP contribution in [0.15, 0.2) is 18.2 Å². The van der Waals surface area contributed by atoms with E-state index in [2.05, 4.69) is 28.8 Å². The predicted octanol–water partition coefficient (Wildman–Crippen LogP) is 5.81. The van der Waals surface area contributed by atoms with Gasteiger partial charge in [0, 0.05) is 10.3 Å². The van der Waals surface area contributed by atoms with Gasteiger partial charge in [0.15, 0.2) is 5.11 Å². The van der Waals surface area contributed by atoms with Gasteiger partial charge in [0.05, 0.1) is 12.2 Å². The number of nitriles is 1. The van der Waals surface area contributed by atoms with Crippen LogP contribution in [0.2, 0.25) is 0 Å². The molecule has 7 heteroatoms. The van der Waals surface area contributed by atoms with Crippen molar-refractivity contribution in [3.05, 3.63) is 45.3 Å². The van der Waals surface area contributed by atoms with Crippen LogP contribution in [0.4, 0.5) is 5.00 Å². The van der Waals surface area contributed by atoms with Crippen molar-refractivity contribution in [3.63, 3.8) is 0 Å². The monoisotopic (exact) mass is 469 g/mol. The Morgan fingerprint density at radius 1 is 1.28 bits per heavy atom. The maximum absolute atomic E-state index is 12.8. The normalized spacial score (nSPS) is 13.1. The number of carbonyl (C=O) groups is 1. The fraction of sp³-hybridized carbons (Fsp3) is 0.480. The molecule has 5 nitrogen and oxygen atoms in total. The predicted molar refractivity (Wildman–Crippen MR) is 134 cm³/mol. The number of ether oxygens (including phenoxy) is 1. The summed E-state index contributed by atoms with van der Waals surface area (Å²) in [7, 11) is 0. The minimum absolute atomic E-state index is 0.137. The average Bonchev–Trinajstić information content (AvgIpc) is 3.10. The number of benzene rings is 1. The van der Waals surface area contributed by atoms with Crippen LogP contribution in [-0.2, 0) is 17.6 Å². The number of fused-ring (bicyclic) bond motifs is 1. The van der Waals surface area contributed by atoms with Gasteiger partial charge in [-0.2, -0.15) is 5.26 Å². The summed E-state index contributed by atoms with van der Waals surface area (Å²) >= 11 is 6.96. The lowest BCUT2D eigenvalue weighted by atomic mass is 9.87. The molecule has 0 spiro atoms. The van der Waals surface area contributed by atoms with Crippen molar-refractivity contribution in [3.8, 4) is 11.8 Å². The fourth-order valence-corrected chi connectivity index (χ4v) is 5.35. The number of nitrogens with one attached hydrogen (secondary N) is 2. The molecule has 0 fully saturated rings. The van der Waals surface area contributed by atoms with Crippen molar-refractivity contribution < 1.29 is 9.53 Å². The third kappa shape index (κ3) is 5.87. The minimum Gasteiger partial charge on any atom is -0.493 e. The van der Waals surface area contributed by atoms with E-state index < -0.39 is 5.41 Å². The van der Waals surface area contributed by atoms with E-state index >= 15 is 0 Å². The molecule has 1 aliphatic carbocycles. The molecule has 3 rings (SSSR count). The molecular weight excluding hydrogens is 438 g/mol. The first-order valence-corrected chi connectivity index (χ1v) is 12.3. The van der Waals surface area contributed by atoms with E-state index in [1.54, 1.807) is 11.3 Å². The number of thiocarbonyl (C=S) groups is 1. The molecular formula is C25H31N3O2S2. The van der Waals surface area contributed by atoms with Gasteiger partial charge in [-0.15, -0.1) is 11.3 Å². The lowest BCUT2D eigenvalue weighted by Crippen LogP contribution is -2.42. The first-order valence-electron chi connectivity index (χ1n) is 11.1. The molecule has 2 aromatic rings. The molecule has 0 aliphatic heterocycles. The van der Waals surface area contributed by atoms with Crippen LogP contribution in [0, 0.1) is 30.6 Å². The number of hydrogen-bond donors (Lipinski definition) is 2. The SMILES string of the molecule is Cc1ccc(C)c(OCCCC(C)(C)C(=O)NC(=S)Nc2sc3c(c2C#N)CCCC3)c1. The van der Waals surface area contributed by atoms with Gasteiger partial charge >= 0.3 is 0 Å². The molecule has 0 atom stereocenters. The first kappa shape index (κ1) is 24.2. The number of thiophene rings is 1. The summed E-state index contributed by atoms with van der Waals surface area (Å²) in [4.78, 5) is 14.1. The number of amides is 1. The molecule has 0 saturated heterocycles. The Bertz CT molecular complexity index is 1050. The Morgan fingerprint density at radius 3 is 2.78 bits per heavy atom. The number of rotatable bonds is 7. The van der Waals surface area contributed by atoms with Crippen molar-refractivity contribution in [1.82, 2.24) is 5.32 Å². The van der Waals surface area contributed by atoms with Gasteiger partial charge in [-0.25, -0.2) is 0 Å². The van der Waals surface area contributed by atoms with Gasteiger partial charge < -0.3 is 15.4 Å². The molecule has 0 unspecified atom stereocenters. The Labute approximate surface area is 200 Å². The summed E-state index contributed by atoms with van der Waals surface area (Å²) in [5.74, 6) is 0.756. The van der Waals surface area contributed by atoms with Crippen LogP contribution in [0.1, 0.15) is 66.7 Å². The van der Waals surface area contributed by atoms with E-state index in [-0.39, 0.29) is 11.0 Å². The zero-order valence-electron chi connectivity index (χ0n) is 19.3. The standard InChI is InChI=1S/C25H31N3O2S2/c1-16-10-11-17(2)20(14-16)30-13-7-12-25(3,4)23(29)28-24(31)27-22-19(15-26)18-8-5-6-9-21(18)32-22/h10-11,14H,5-9,12-13H2,1-4H3,(H2,27,28,29,31). The molecule has 1 aliphatic rings. The van der Waals surface area contributed by atoms with E-state index in [9.17, 15) is 10.1 Å². The van der Waals surface area contributed by atoms with Gasteiger partial charge in [-0.3, -0.25) is 4.79 Å². The molecule has 2 N–H and O–H groups in total. The van der Waals surface area contributed by atoms with Crippen molar-refractivity contribution in [1.29, 1.82) is 5.26 Å². The Balaban J connectivity index is 1.51. The molecule has 1 heterocycles. The maximum atomic E-state index is 12.8. The Kier molecular flexibility index (Phi) is 7.91. The molecule has 1 aromatic carbocycles. The minimum atomic E-state index is -0.594. The van der Waals surface area contributed by atoms with Crippen molar-refractivity contribution in [2.24, 2.45) is 5.41 Å². The van der Waals surface area contributed by atoms with E-state index in [1.165, 1.54) is 4.88 Å². The number of carbonyl (C=O) groups excluding carboxylic acids is 1. The van der Waals surface area contributed by atoms with E-state index in [0.717, 1.165) is 59.5 Å². The molecule has 1 amide bonds. The maximum Gasteiger partial charge on any atom is 0.231 e. The van der Waals surface area contributed by atoms with Crippen molar-refractivity contribution in [2.75, 3.05) is 11.9 Å². The van der Waals surface area contributed by atoms with E-state index in [1.807, 2.05) is 33.8 Å². The fourth-order valence-electron chi connectivity index (χ4n) is 3.85. The van der Waals surface area contributed by atoms with Gasteiger partial charge in [0.1, 0.15) is 16.8 Å². The highest BCUT2D eigenvalue weighted by atomic mass is 32.1. The van der Waals surface area contributed by atoms with Crippen LogP contribution < -0.4 is 15.4 Å². The summed E-state index contributed by atoms with van der Waals surface area (Å²) in [6.07, 6.45) is 5.63. The molecule has 170 valence electrons. The number of aryl methyl sites for hydroxylation is 3. The summed E-state index contributed by atoms with van der Waals surface area (Å²) in [6, 6.07) is 8.47. The lowest BCUT2D eigenvalue weighted by Gasteiger charge is -2.24. The second-order valence-electron chi connectivity index (χ2n) is 9.04. The topological polar surface area (TPSA) is 74.2 Å². The van der Waals surface area contributed by atoms with E-state index in [0.29, 0.717) is 18.6 Å². The summed E-state index contributed by atoms with van der Waals surface area (Å²) in [5, 5.41) is 16.5. The molecule has 0 saturated carbocycles. The van der Waals surface area contributed by atoms with Crippen LogP contribution in [0.3, 0.4) is 0 Å². The van der Waals surface area contributed by atoms with Gasteiger partial charge in [0.25, 0.3) is 0 Å². The summed E-state index contributed by atoms with van der Waals surface area (Å²) in [6.45, 7) is 8.44. The smallest absolute Gasteiger partial charge is 0.231 e. The number of anilines is 1. The van der Waals surface area contributed by atoms with Crippen LogP contribution >= 0.6 is 23.6 Å². The molecule has 1 aromatic heterocycles. The van der Waals surface area contributed by atoms with Gasteiger partial charge in [-0.05, 0) is 87.3 Å². The van der Waals surface area contributed by atoms with Crippen LogP contribution in [-0.4, -0.2) is 17.6 Å². The highest BCUT2D eigenvalue weighted by Crippen LogP contribution is 2.37. The second kappa shape index (κ2) is 10.5. The first-order chi connectivity index (χ1) is 15.2. The second-order valence-corrected chi connectivity index (χ2v) is 10.6. The third-order valence-corrected chi connectivity index (χ3v) is 7.31. The largest absolute Gasteiger partial charge is 0.493 e. The molecule has 0 bridgehead atoms. The van der Waals surface area contributed by atoms with E-state index in [4.69, 9.17) is 17.0 Å². The molecule has 32 heavy (non-hydrogen) atoms. The third-order valence-electron chi connectivity index (χ3n) is 5.90. The average molecular weight is 470 g/mol. The number of hydrogen-bond acceptors (Lipinski definition) is 5. The number of nitrogens with zero attached hydrogens (tertiary/aromatic N) is 1. The molecule has 0 radical (unpaired) electrons. The highest BCUT2D eigenvalue weighted by molar-refractivity contribution is 7.80. The van der Waals surface area contributed by atoms with Gasteiger partial charge in [0.2, 0.25) is 5.91 Å². The van der Waals surface area contributed by atoms with Gasteiger partial charge in [-0.1, -0.05) is 26.0 Å². The van der Waals surface area contributed by atoms with Crippen molar-refractivity contribution >= 4 is 39.6 Å². The Morgan fingerprint density at radius 2 is 2.03 bits per heavy atom. The van der Waals surface area contributed by atoms with Crippen LogP contribution in [0.25, 0.3) is 0 Å². The van der Waals surface area contributed by atoms with Crippen LogP contribution in [0.5, 0.6) is 5.75 Å². The highest BCUT2D eigenvalue weighted by Gasteiger charge is 2.28. The zero-order chi connectivity index (χ0) is 23.3. The zero-order valence-corrected chi connectivity index (χ0v) is 20.9.